The molecule has 0 bridgehead atoms. The molecule has 2 rings (SSSR count). The summed E-state index contributed by atoms with van der Waals surface area (Å²) in [5, 5.41) is 12.3. The predicted octanol–water partition coefficient (Wildman–Crippen LogP) is 2.60. The van der Waals surface area contributed by atoms with E-state index in [2.05, 4.69) is 12.2 Å². The number of nitrogens with zero attached hydrogens (tertiary/aromatic N) is 1. The van der Waals surface area contributed by atoms with Crippen LogP contribution in [0, 0.1) is 23.1 Å². The first-order valence-electron chi connectivity index (χ1n) is 6.70. The fourth-order valence-corrected chi connectivity index (χ4v) is 2.43. The molecule has 1 fully saturated rings. The van der Waals surface area contributed by atoms with Crippen LogP contribution in [0.2, 0.25) is 0 Å². The fraction of sp³-hybridized carbons (Fsp3) is 0.533. The molecule has 1 aromatic rings. The van der Waals surface area contributed by atoms with Crippen LogP contribution in [0.4, 0.5) is 4.39 Å². The molecule has 102 valence electrons. The average Bonchev–Trinajstić information content (AvgIpc) is 2.47. The van der Waals surface area contributed by atoms with Crippen molar-refractivity contribution in [1.82, 2.24) is 5.32 Å². The van der Waals surface area contributed by atoms with Gasteiger partial charge in [-0.3, -0.25) is 0 Å². The van der Waals surface area contributed by atoms with Crippen LogP contribution in [0.15, 0.2) is 18.2 Å². The highest BCUT2D eigenvalue weighted by Gasteiger charge is 2.19. The standard InChI is InChI=1S/C15H19FN2O/c1-11(13-4-6-19-7-5-13)18-10-12-2-3-15(16)14(8-12)9-17/h2-3,8,11,13,18H,4-7,10H2,1H3/t11-/m1/s1. The minimum atomic E-state index is -0.455. The van der Waals surface area contributed by atoms with E-state index in [1.165, 1.54) is 6.07 Å². The van der Waals surface area contributed by atoms with Crippen LogP contribution in [0.5, 0.6) is 0 Å². The van der Waals surface area contributed by atoms with Crippen LogP contribution < -0.4 is 5.32 Å². The quantitative estimate of drug-likeness (QED) is 0.907. The lowest BCUT2D eigenvalue weighted by molar-refractivity contribution is 0.0558. The van der Waals surface area contributed by atoms with Crippen molar-refractivity contribution in [1.29, 1.82) is 5.26 Å². The van der Waals surface area contributed by atoms with Gasteiger partial charge in [0, 0.05) is 25.8 Å². The lowest BCUT2D eigenvalue weighted by Gasteiger charge is -2.28. The Hall–Kier alpha value is -1.44. The molecule has 1 atom stereocenters. The van der Waals surface area contributed by atoms with Gasteiger partial charge in [-0.1, -0.05) is 6.07 Å². The molecular formula is C15H19FN2O. The maximum Gasteiger partial charge on any atom is 0.140 e. The topological polar surface area (TPSA) is 45.0 Å². The number of nitrogens with one attached hydrogen (secondary N) is 1. The first kappa shape index (κ1) is 14.0. The summed E-state index contributed by atoms with van der Waals surface area (Å²) >= 11 is 0. The summed E-state index contributed by atoms with van der Waals surface area (Å²) in [5.41, 5.74) is 1.05. The molecule has 4 heteroatoms. The van der Waals surface area contributed by atoms with Gasteiger partial charge in [0.2, 0.25) is 0 Å². The van der Waals surface area contributed by atoms with Gasteiger partial charge in [-0.25, -0.2) is 4.39 Å². The normalized spacial score (nSPS) is 17.9. The van der Waals surface area contributed by atoms with E-state index in [0.29, 0.717) is 18.5 Å². The highest BCUT2D eigenvalue weighted by molar-refractivity contribution is 5.34. The summed E-state index contributed by atoms with van der Waals surface area (Å²) in [6.45, 7) is 4.51. The Morgan fingerprint density at radius 3 is 2.89 bits per heavy atom. The molecule has 3 nitrogen and oxygen atoms in total. The zero-order chi connectivity index (χ0) is 13.7. The molecule has 0 aliphatic carbocycles. The van der Waals surface area contributed by atoms with Crippen LogP contribution in [-0.2, 0) is 11.3 Å². The third kappa shape index (κ3) is 3.76. The summed E-state index contributed by atoms with van der Waals surface area (Å²) in [6, 6.07) is 6.96. The number of hydrogen-bond acceptors (Lipinski definition) is 3. The van der Waals surface area contributed by atoms with Crippen LogP contribution in [0.1, 0.15) is 30.9 Å². The zero-order valence-corrected chi connectivity index (χ0v) is 11.2. The third-order valence-corrected chi connectivity index (χ3v) is 3.75. The smallest absolute Gasteiger partial charge is 0.140 e. The number of ether oxygens (including phenoxy) is 1. The van der Waals surface area contributed by atoms with E-state index < -0.39 is 5.82 Å². The molecule has 0 radical (unpaired) electrons. The van der Waals surface area contributed by atoms with E-state index in [9.17, 15) is 4.39 Å². The molecule has 1 heterocycles. The van der Waals surface area contributed by atoms with E-state index in [0.717, 1.165) is 31.6 Å². The average molecular weight is 262 g/mol. The molecule has 0 saturated carbocycles. The van der Waals surface area contributed by atoms with Crippen molar-refractivity contribution in [2.24, 2.45) is 5.92 Å². The van der Waals surface area contributed by atoms with Gasteiger partial charge in [-0.15, -0.1) is 0 Å². The summed E-state index contributed by atoms with van der Waals surface area (Å²) < 4.78 is 18.6. The lowest BCUT2D eigenvalue weighted by atomic mass is 9.93. The molecule has 1 saturated heterocycles. The predicted molar refractivity (Wildman–Crippen MR) is 71.0 cm³/mol. The van der Waals surface area contributed by atoms with E-state index in [1.54, 1.807) is 12.1 Å². The Bertz CT molecular complexity index is 464. The van der Waals surface area contributed by atoms with Crippen LogP contribution >= 0.6 is 0 Å². The second kappa shape index (κ2) is 6.65. The molecule has 1 aliphatic heterocycles. The minimum Gasteiger partial charge on any atom is -0.381 e. The summed E-state index contributed by atoms with van der Waals surface area (Å²) in [4.78, 5) is 0. The second-order valence-corrected chi connectivity index (χ2v) is 5.05. The van der Waals surface area contributed by atoms with Gasteiger partial charge in [0.15, 0.2) is 0 Å². The Morgan fingerprint density at radius 2 is 2.21 bits per heavy atom. The Kier molecular flexibility index (Phi) is 4.89. The molecule has 1 aromatic carbocycles. The maximum absolute atomic E-state index is 13.2. The molecule has 1 aliphatic rings. The van der Waals surface area contributed by atoms with Crippen LogP contribution in [0.3, 0.4) is 0 Å². The number of nitriles is 1. The molecule has 0 spiro atoms. The van der Waals surface area contributed by atoms with E-state index >= 15 is 0 Å². The Balaban J connectivity index is 1.89. The van der Waals surface area contributed by atoms with Crippen molar-refractivity contribution < 1.29 is 9.13 Å². The van der Waals surface area contributed by atoms with E-state index in [1.807, 2.05) is 6.07 Å². The maximum atomic E-state index is 13.2. The molecule has 0 amide bonds. The van der Waals surface area contributed by atoms with E-state index in [-0.39, 0.29) is 5.56 Å². The summed E-state index contributed by atoms with van der Waals surface area (Å²) in [7, 11) is 0. The van der Waals surface area contributed by atoms with Crippen molar-refractivity contribution in [2.75, 3.05) is 13.2 Å². The molecule has 1 N–H and O–H groups in total. The largest absolute Gasteiger partial charge is 0.381 e. The Labute approximate surface area is 113 Å². The number of benzene rings is 1. The Morgan fingerprint density at radius 1 is 1.47 bits per heavy atom. The van der Waals surface area contributed by atoms with Crippen molar-refractivity contribution in [3.8, 4) is 6.07 Å². The van der Waals surface area contributed by atoms with Gasteiger partial charge in [-0.05, 0) is 43.4 Å². The first-order chi connectivity index (χ1) is 9.20. The van der Waals surface area contributed by atoms with Crippen molar-refractivity contribution in [3.05, 3.63) is 35.1 Å². The lowest BCUT2D eigenvalue weighted by Crippen LogP contribution is -2.36. The van der Waals surface area contributed by atoms with Crippen LogP contribution in [0.25, 0.3) is 0 Å². The highest BCUT2D eigenvalue weighted by atomic mass is 19.1. The number of halogens is 1. The van der Waals surface area contributed by atoms with Gasteiger partial charge in [0.1, 0.15) is 11.9 Å². The molecular weight excluding hydrogens is 243 g/mol. The second-order valence-electron chi connectivity index (χ2n) is 5.05. The molecule has 19 heavy (non-hydrogen) atoms. The minimum absolute atomic E-state index is 0.109. The van der Waals surface area contributed by atoms with Gasteiger partial charge in [-0.2, -0.15) is 5.26 Å². The highest BCUT2D eigenvalue weighted by Crippen LogP contribution is 2.19. The van der Waals surface area contributed by atoms with Gasteiger partial charge in [0.25, 0.3) is 0 Å². The van der Waals surface area contributed by atoms with Crippen molar-refractivity contribution >= 4 is 0 Å². The first-order valence-corrected chi connectivity index (χ1v) is 6.70. The fourth-order valence-electron chi connectivity index (χ4n) is 2.43. The summed E-state index contributed by atoms with van der Waals surface area (Å²) in [6.07, 6.45) is 2.17. The SMILES string of the molecule is C[C@@H](NCc1ccc(F)c(C#N)c1)C1CCOCC1. The number of rotatable bonds is 4. The third-order valence-electron chi connectivity index (χ3n) is 3.75. The van der Waals surface area contributed by atoms with Gasteiger partial charge in [0.05, 0.1) is 5.56 Å². The van der Waals surface area contributed by atoms with Crippen molar-refractivity contribution in [2.45, 2.75) is 32.4 Å². The summed E-state index contributed by atoms with van der Waals surface area (Å²) in [5.74, 6) is 0.174. The van der Waals surface area contributed by atoms with Crippen LogP contribution in [-0.4, -0.2) is 19.3 Å². The zero-order valence-electron chi connectivity index (χ0n) is 11.2. The monoisotopic (exact) mass is 262 g/mol. The van der Waals surface area contributed by atoms with Gasteiger partial charge < -0.3 is 10.1 Å². The molecule has 0 aromatic heterocycles. The molecule has 0 unspecified atom stereocenters. The van der Waals surface area contributed by atoms with Crippen molar-refractivity contribution in [3.63, 3.8) is 0 Å². The van der Waals surface area contributed by atoms with Gasteiger partial charge >= 0.3 is 0 Å². The number of hydrogen-bond donors (Lipinski definition) is 1. The van der Waals surface area contributed by atoms with E-state index in [4.69, 9.17) is 10.00 Å².